The minimum absolute atomic E-state index is 0.0258. The van der Waals surface area contributed by atoms with E-state index in [1.54, 1.807) is 60.7 Å². The van der Waals surface area contributed by atoms with Crippen LogP contribution in [-0.4, -0.2) is 44.8 Å². The predicted octanol–water partition coefficient (Wildman–Crippen LogP) is 2.81. The number of rotatable bonds is 9. The lowest BCUT2D eigenvalue weighted by Crippen LogP contribution is -2.50. The van der Waals surface area contributed by atoms with Gasteiger partial charge in [-0.15, -0.1) is 0 Å². The highest BCUT2D eigenvalue weighted by molar-refractivity contribution is 7.89. The molecule has 0 fully saturated rings. The smallest absolute Gasteiger partial charge is 0.244 e. The number of halogens is 1. The van der Waals surface area contributed by atoms with E-state index in [0.29, 0.717) is 11.3 Å². The van der Waals surface area contributed by atoms with E-state index in [1.165, 1.54) is 19.2 Å². The number of carbonyl (C=O) groups excluding carboxylic acids is 2. The molecule has 3 rings (SSSR count). The fourth-order valence-corrected chi connectivity index (χ4v) is 4.49. The summed E-state index contributed by atoms with van der Waals surface area (Å²) in [6, 6.07) is 21.2. The molecule has 0 radical (unpaired) electrons. The number of amides is 2. The third-order valence-electron chi connectivity index (χ3n) is 4.82. The topological polar surface area (TPSA) is 95.6 Å². The number of benzene rings is 3. The van der Waals surface area contributed by atoms with Gasteiger partial charge in [-0.1, -0.05) is 60.7 Å². The Morgan fingerprint density at radius 2 is 1.48 bits per heavy atom. The van der Waals surface area contributed by atoms with Crippen LogP contribution in [0, 0.1) is 5.82 Å². The van der Waals surface area contributed by atoms with E-state index in [2.05, 4.69) is 10.0 Å². The minimum atomic E-state index is -4.34. The maximum atomic E-state index is 14.1. The van der Waals surface area contributed by atoms with E-state index in [0.717, 1.165) is 17.0 Å². The lowest BCUT2D eigenvalue weighted by Gasteiger charge is -2.24. The highest BCUT2D eigenvalue weighted by Gasteiger charge is 2.30. The first-order valence-corrected chi connectivity index (χ1v) is 11.7. The highest BCUT2D eigenvalue weighted by Crippen LogP contribution is 2.16. The summed E-state index contributed by atoms with van der Waals surface area (Å²) in [5, 5.41) is 2.68. The molecule has 0 spiro atoms. The van der Waals surface area contributed by atoms with Gasteiger partial charge in [0.2, 0.25) is 21.8 Å². The fraction of sp³-hybridized carbons (Fsp3) is 0.167. The summed E-state index contributed by atoms with van der Waals surface area (Å²) in [5.41, 5.74) is 1.28. The number of nitrogens with one attached hydrogen (secondary N) is 2. The Hall–Kier alpha value is -3.56. The highest BCUT2D eigenvalue weighted by atomic mass is 32.2. The predicted molar refractivity (Wildman–Crippen MR) is 123 cm³/mol. The second kappa shape index (κ2) is 10.8. The lowest BCUT2D eigenvalue weighted by atomic mass is 10.1. The largest absolute Gasteiger partial charge is 0.335 e. The van der Waals surface area contributed by atoms with E-state index in [-0.39, 0.29) is 13.0 Å². The van der Waals surface area contributed by atoms with Crippen molar-refractivity contribution in [3.8, 4) is 0 Å². The first kappa shape index (κ1) is 24.1. The summed E-state index contributed by atoms with van der Waals surface area (Å²) in [4.78, 5) is 26.1. The number of likely N-dealkylation sites (N-methyl/N-ethyl adjacent to an activating group) is 1. The third kappa shape index (κ3) is 6.71. The number of para-hydroxylation sites is 1. The van der Waals surface area contributed by atoms with Crippen LogP contribution in [0.4, 0.5) is 10.1 Å². The molecule has 0 heterocycles. The molecule has 1 unspecified atom stereocenters. The van der Waals surface area contributed by atoms with Crippen LogP contribution in [-0.2, 0) is 26.0 Å². The number of carbonyl (C=O) groups is 2. The molecule has 0 aromatic heterocycles. The van der Waals surface area contributed by atoms with Crippen molar-refractivity contribution in [1.82, 2.24) is 9.62 Å². The molecule has 7 nitrogen and oxygen atoms in total. The van der Waals surface area contributed by atoms with Crippen molar-refractivity contribution in [3.63, 3.8) is 0 Å². The number of nitrogens with zero attached hydrogens (tertiary/aromatic N) is 1. The molecular formula is C24H24FN3O4S. The third-order valence-corrected chi connectivity index (χ3v) is 6.32. The van der Waals surface area contributed by atoms with Crippen molar-refractivity contribution in [3.05, 3.63) is 96.3 Å². The van der Waals surface area contributed by atoms with Gasteiger partial charge in [0.25, 0.3) is 0 Å². The van der Waals surface area contributed by atoms with Crippen molar-refractivity contribution in [2.24, 2.45) is 0 Å². The zero-order chi connectivity index (χ0) is 23.8. The van der Waals surface area contributed by atoms with Gasteiger partial charge in [-0.05, 0) is 36.2 Å². The van der Waals surface area contributed by atoms with Crippen LogP contribution in [0.15, 0.2) is 89.8 Å². The quantitative estimate of drug-likeness (QED) is 0.504. The van der Waals surface area contributed by atoms with Crippen molar-refractivity contribution in [2.45, 2.75) is 17.4 Å². The number of sulfonamides is 1. The van der Waals surface area contributed by atoms with Gasteiger partial charge in [0.15, 0.2) is 0 Å². The van der Waals surface area contributed by atoms with Gasteiger partial charge in [0.1, 0.15) is 16.8 Å². The lowest BCUT2D eigenvalue weighted by molar-refractivity contribution is -0.134. The van der Waals surface area contributed by atoms with Gasteiger partial charge in [0.05, 0.1) is 6.54 Å². The van der Waals surface area contributed by atoms with Crippen molar-refractivity contribution in [2.75, 3.05) is 18.9 Å². The fourth-order valence-electron chi connectivity index (χ4n) is 3.22. The van der Waals surface area contributed by atoms with Crippen LogP contribution in [0.3, 0.4) is 0 Å². The van der Waals surface area contributed by atoms with E-state index < -0.39 is 38.6 Å². The van der Waals surface area contributed by atoms with Crippen LogP contribution in [0.1, 0.15) is 5.56 Å². The molecular weight excluding hydrogens is 445 g/mol. The molecule has 0 bridgehead atoms. The second-order valence-electron chi connectivity index (χ2n) is 7.40. The Morgan fingerprint density at radius 3 is 2.12 bits per heavy atom. The van der Waals surface area contributed by atoms with Crippen molar-refractivity contribution >= 4 is 27.5 Å². The van der Waals surface area contributed by atoms with E-state index in [4.69, 9.17) is 0 Å². The normalized spacial score (nSPS) is 12.1. The molecule has 1 atom stereocenters. The summed E-state index contributed by atoms with van der Waals surface area (Å²) in [6.07, 6.45) is 0.0258. The second-order valence-corrected chi connectivity index (χ2v) is 9.08. The van der Waals surface area contributed by atoms with E-state index >= 15 is 0 Å². The molecule has 0 saturated heterocycles. The molecule has 2 amide bonds. The van der Waals surface area contributed by atoms with Gasteiger partial charge >= 0.3 is 0 Å². The summed E-state index contributed by atoms with van der Waals surface area (Å²) >= 11 is 0. The zero-order valence-electron chi connectivity index (χ0n) is 17.9. The molecule has 0 aliphatic carbocycles. The molecule has 9 heteroatoms. The molecule has 0 saturated carbocycles. The summed E-state index contributed by atoms with van der Waals surface area (Å²) in [7, 11) is -2.93. The molecule has 0 aliphatic heterocycles. The minimum Gasteiger partial charge on any atom is -0.335 e. The van der Waals surface area contributed by atoms with Crippen molar-refractivity contribution in [1.29, 1.82) is 0 Å². The molecule has 2 N–H and O–H groups in total. The average molecular weight is 470 g/mol. The zero-order valence-corrected chi connectivity index (χ0v) is 18.8. The van der Waals surface area contributed by atoms with Crippen LogP contribution in [0.25, 0.3) is 0 Å². The van der Waals surface area contributed by atoms with Crippen LogP contribution in [0.2, 0.25) is 0 Å². The van der Waals surface area contributed by atoms with Gasteiger partial charge in [-0.25, -0.2) is 12.8 Å². The Bertz CT molecular complexity index is 1200. The summed E-state index contributed by atoms with van der Waals surface area (Å²) in [6.45, 7) is -0.291. The van der Waals surface area contributed by atoms with Crippen LogP contribution < -0.4 is 10.0 Å². The monoisotopic (exact) mass is 469 g/mol. The van der Waals surface area contributed by atoms with E-state index in [1.807, 2.05) is 0 Å². The van der Waals surface area contributed by atoms with Gasteiger partial charge < -0.3 is 10.2 Å². The maximum Gasteiger partial charge on any atom is 0.244 e. The molecule has 33 heavy (non-hydrogen) atoms. The summed E-state index contributed by atoms with van der Waals surface area (Å²) < 4.78 is 42.1. The van der Waals surface area contributed by atoms with Crippen LogP contribution in [0.5, 0.6) is 0 Å². The standard InChI is InChI=1S/C24H24FN3O4S/c1-28(17-23(29)26-19-12-6-3-7-13-19)24(30)21(16-18-10-4-2-5-11-18)27-33(31,32)22-15-9-8-14-20(22)25/h2-15,21,27H,16-17H2,1H3,(H,26,29). The molecule has 3 aromatic carbocycles. The number of hydrogen-bond donors (Lipinski definition) is 2. The Balaban J connectivity index is 1.78. The van der Waals surface area contributed by atoms with Gasteiger partial charge in [0, 0.05) is 12.7 Å². The Morgan fingerprint density at radius 1 is 0.909 bits per heavy atom. The molecule has 172 valence electrons. The Labute approximate surface area is 192 Å². The molecule has 0 aliphatic rings. The first-order valence-electron chi connectivity index (χ1n) is 10.2. The summed E-state index contributed by atoms with van der Waals surface area (Å²) in [5.74, 6) is -1.99. The van der Waals surface area contributed by atoms with E-state index in [9.17, 15) is 22.4 Å². The maximum absolute atomic E-state index is 14.1. The van der Waals surface area contributed by atoms with Crippen LogP contribution >= 0.6 is 0 Å². The average Bonchev–Trinajstić information content (AvgIpc) is 2.79. The number of hydrogen-bond acceptors (Lipinski definition) is 4. The SMILES string of the molecule is CN(CC(=O)Nc1ccccc1)C(=O)C(Cc1ccccc1)NS(=O)(=O)c1ccccc1F. The van der Waals surface area contributed by atoms with Crippen molar-refractivity contribution < 1.29 is 22.4 Å². The number of anilines is 1. The van der Waals surface area contributed by atoms with Gasteiger partial charge in [-0.2, -0.15) is 4.72 Å². The molecule has 3 aromatic rings. The Kier molecular flexibility index (Phi) is 7.92. The van der Waals surface area contributed by atoms with Gasteiger partial charge in [-0.3, -0.25) is 9.59 Å². The first-order chi connectivity index (χ1) is 15.8.